The number of nitrogens with one attached hydrogen (secondary N) is 2. The third kappa shape index (κ3) is 5.70. The van der Waals surface area contributed by atoms with E-state index in [-0.39, 0.29) is 6.04 Å². The smallest absolute Gasteiger partial charge is 0.207 e. The fraction of sp³-hybridized carbons (Fsp3) is 0.750. The van der Waals surface area contributed by atoms with Crippen LogP contribution in [0.2, 0.25) is 0 Å². The average Bonchev–Trinajstić information content (AvgIpc) is 2.06. The van der Waals surface area contributed by atoms with Crippen molar-refractivity contribution in [3.05, 3.63) is 0 Å². The fourth-order valence-corrected chi connectivity index (χ4v) is 1.07. The zero-order valence-electron chi connectivity index (χ0n) is 7.38. The lowest BCUT2D eigenvalue weighted by Crippen LogP contribution is -2.31. The lowest BCUT2D eigenvalue weighted by atomic mass is 10.1. The second kappa shape index (κ2) is 8.04. The number of amides is 2. The predicted octanol–water partition coefficient (Wildman–Crippen LogP) is 0.0372. The van der Waals surface area contributed by atoms with Gasteiger partial charge in [-0.1, -0.05) is 13.3 Å². The number of hydrogen-bond donors (Lipinski definition) is 2. The highest BCUT2D eigenvalue weighted by Crippen LogP contribution is 1.99. The quantitative estimate of drug-likeness (QED) is 0.401. The zero-order valence-corrected chi connectivity index (χ0v) is 7.38. The van der Waals surface area contributed by atoms with Crippen LogP contribution in [0.15, 0.2) is 0 Å². The van der Waals surface area contributed by atoms with E-state index in [1.807, 2.05) is 0 Å². The molecule has 0 aliphatic carbocycles. The lowest BCUT2D eigenvalue weighted by Gasteiger charge is -2.13. The van der Waals surface area contributed by atoms with Gasteiger partial charge in [0.15, 0.2) is 0 Å². The van der Waals surface area contributed by atoms with Crippen LogP contribution in [0.3, 0.4) is 0 Å². The van der Waals surface area contributed by atoms with E-state index in [4.69, 9.17) is 0 Å². The lowest BCUT2D eigenvalue weighted by molar-refractivity contribution is -0.110. The van der Waals surface area contributed by atoms with Gasteiger partial charge in [0.25, 0.3) is 0 Å². The molecule has 0 aromatic rings. The van der Waals surface area contributed by atoms with Gasteiger partial charge < -0.3 is 10.6 Å². The van der Waals surface area contributed by atoms with E-state index in [2.05, 4.69) is 17.6 Å². The predicted molar refractivity (Wildman–Crippen MR) is 46.6 cm³/mol. The molecule has 0 saturated heterocycles. The van der Waals surface area contributed by atoms with E-state index in [1.54, 1.807) is 0 Å². The normalized spacial score (nSPS) is 11.8. The molecule has 2 amide bonds. The van der Waals surface area contributed by atoms with Crippen molar-refractivity contribution in [2.45, 2.75) is 32.2 Å². The van der Waals surface area contributed by atoms with Crippen molar-refractivity contribution in [1.29, 1.82) is 0 Å². The van der Waals surface area contributed by atoms with E-state index >= 15 is 0 Å². The van der Waals surface area contributed by atoms with Crippen LogP contribution in [-0.4, -0.2) is 25.4 Å². The van der Waals surface area contributed by atoms with Gasteiger partial charge in [-0.3, -0.25) is 9.59 Å². The molecule has 0 saturated carbocycles. The van der Waals surface area contributed by atoms with Crippen LogP contribution in [-0.2, 0) is 9.59 Å². The Labute approximate surface area is 72.7 Å². The molecule has 1 unspecified atom stereocenters. The maximum atomic E-state index is 10.1. The maximum absolute atomic E-state index is 10.1. The van der Waals surface area contributed by atoms with Gasteiger partial charge >= 0.3 is 0 Å². The molecule has 0 heterocycles. The summed E-state index contributed by atoms with van der Waals surface area (Å²) in [5.41, 5.74) is 0. The fourth-order valence-electron chi connectivity index (χ4n) is 1.07. The summed E-state index contributed by atoms with van der Waals surface area (Å²) in [5, 5.41) is 5.27. The van der Waals surface area contributed by atoms with Gasteiger partial charge in [-0.05, 0) is 12.8 Å². The van der Waals surface area contributed by atoms with Gasteiger partial charge in [0, 0.05) is 12.6 Å². The summed E-state index contributed by atoms with van der Waals surface area (Å²) in [4.78, 5) is 20.0. The highest BCUT2D eigenvalue weighted by molar-refractivity contribution is 5.47. The molecule has 70 valence electrons. The van der Waals surface area contributed by atoms with Gasteiger partial charge in [-0.25, -0.2) is 0 Å². The van der Waals surface area contributed by atoms with E-state index < -0.39 is 0 Å². The number of carbonyl (C=O) groups excluding carboxylic acids is 2. The molecule has 1 atom stereocenters. The molecule has 0 bridgehead atoms. The minimum absolute atomic E-state index is 0.194. The van der Waals surface area contributed by atoms with Crippen molar-refractivity contribution in [3.63, 3.8) is 0 Å². The van der Waals surface area contributed by atoms with E-state index in [9.17, 15) is 9.59 Å². The van der Waals surface area contributed by atoms with Crippen molar-refractivity contribution < 1.29 is 9.59 Å². The van der Waals surface area contributed by atoms with Crippen LogP contribution in [0.25, 0.3) is 0 Å². The summed E-state index contributed by atoms with van der Waals surface area (Å²) < 4.78 is 0. The molecule has 0 aliphatic heterocycles. The minimum Gasteiger partial charge on any atom is -0.359 e. The molecule has 0 aliphatic rings. The third-order valence-corrected chi connectivity index (χ3v) is 1.66. The molecule has 12 heavy (non-hydrogen) atoms. The largest absolute Gasteiger partial charge is 0.359 e. The average molecular weight is 172 g/mol. The Bertz CT molecular complexity index is 128. The second-order valence-electron chi connectivity index (χ2n) is 2.63. The van der Waals surface area contributed by atoms with Crippen LogP contribution >= 0.6 is 0 Å². The maximum Gasteiger partial charge on any atom is 0.207 e. The van der Waals surface area contributed by atoms with Crippen molar-refractivity contribution >= 4 is 12.8 Å². The van der Waals surface area contributed by atoms with Gasteiger partial charge in [-0.2, -0.15) is 0 Å². The Balaban J connectivity index is 3.46. The van der Waals surface area contributed by atoms with Crippen molar-refractivity contribution in [2.24, 2.45) is 0 Å². The first kappa shape index (κ1) is 10.9. The van der Waals surface area contributed by atoms with E-state index in [0.29, 0.717) is 19.4 Å². The molecular formula is C8H16N2O2. The molecule has 2 N–H and O–H groups in total. The third-order valence-electron chi connectivity index (χ3n) is 1.66. The van der Waals surface area contributed by atoms with E-state index in [1.165, 1.54) is 0 Å². The Hall–Kier alpha value is -1.06. The molecule has 0 fully saturated rings. The topological polar surface area (TPSA) is 58.2 Å². The molecule has 4 heteroatoms. The molecule has 0 aromatic heterocycles. The minimum atomic E-state index is 0.194. The van der Waals surface area contributed by atoms with Crippen LogP contribution in [0.1, 0.15) is 26.2 Å². The SMILES string of the molecule is CCCC(CCNC=O)NC=O. The first-order valence-corrected chi connectivity index (χ1v) is 4.21. The molecule has 0 spiro atoms. The highest BCUT2D eigenvalue weighted by Gasteiger charge is 2.04. The molecule has 0 rings (SSSR count). The van der Waals surface area contributed by atoms with Crippen LogP contribution < -0.4 is 10.6 Å². The van der Waals surface area contributed by atoms with Gasteiger partial charge in [0.1, 0.15) is 0 Å². The second-order valence-corrected chi connectivity index (χ2v) is 2.63. The molecule has 4 nitrogen and oxygen atoms in total. The molecule has 0 aromatic carbocycles. The van der Waals surface area contributed by atoms with Crippen LogP contribution in [0, 0.1) is 0 Å². The monoisotopic (exact) mass is 172 g/mol. The summed E-state index contributed by atoms with van der Waals surface area (Å²) in [6.45, 7) is 2.68. The van der Waals surface area contributed by atoms with Crippen LogP contribution in [0.4, 0.5) is 0 Å². The van der Waals surface area contributed by atoms with Crippen molar-refractivity contribution in [3.8, 4) is 0 Å². The number of carbonyl (C=O) groups is 2. The molecule has 0 radical (unpaired) electrons. The van der Waals surface area contributed by atoms with Crippen LogP contribution in [0.5, 0.6) is 0 Å². The van der Waals surface area contributed by atoms with Gasteiger partial charge in [0.2, 0.25) is 12.8 Å². The van der Waals surface area contributed by atoms with Crippen molar-refractivity contribution in [1.82, 2.24) is 10.6 Å². The summed E-state index contributed by atoms with van der Waals surface area (Å²) in [6, 6.07) is 0.194. The zero-order chi connectivity index (χ0) is 9.23. The number of rotatable bonds is 8. The first-order chi connectivity index (χ1) is 5.85. The van der Waals surface area contributed by atoms with Crippen molar-refractivity contribution in [2.75, 3.05) is 6.54 Å². The standard InChI is InChI=1S/C8H16N2O2/c1-2-3-8(10-7-12)4-5-9-6-11/h6-8H,2-5H2,1H3,(H,9,11)(H,10,12). The highest BCUT2D eigenvalue weighted by atomic mass is 16.1. The van der Waals surface area contributed by atoms with Gasteiger partial charge in [0.05, 0.1) is 0 Å². The summed E-state index contributed by atoms with van der Waals surface area (Å²) in [7, 11) is 0. The molecular weight excluding hydrogens is 156 g/mol. The summed E-state index contributed by atoms with van der Waals surface area (Å²) >= 11 is 0. The Morgan fingerprint density at radius 2 is 2.00 bits per heavy atom. The Morgan fingerprint density at radius 3 is 2.50 bits per heavy atom. The first-order valence-electron chi connectivity index (χ1n) is 4.21. The van der Waals surface area contributed by atoms with E-state index in [0.717, 1.165) is 19.3 Å². The Kier molecular flexibility index (Phi) is 7.33. The summed E-state index contributed by atoms with van der Waals surface area (Å²) in [6.07, 6.45) is 4.17. The summed E-state index contributed by atoms with van der Waals surface area (Å²) in [5.74, 6) is 0. The Morgan fingerprint density at radius 1 is 1.25 bits per heavy atom. The number of hydrogen-bond acceptors (Lipinski definition) is 2. The van der Waals surface area contributed by atoms with Gasteiger partial charge in [-0.15, -0.1) is 0 Å².